The van der Waals surface area contributed by atoms with Crippen LogP contribution >= 0.6 is 0 Å². The van der Waals surface area contributed by atoms with Gasteiger partial charge in [-0.05, 0) is 67.2 Å². The van der Waals surface area contributed by atoms with Crippen LogP contribution in [0.2, 0.25) is 0 Å². The Morgan fingerprint density at radius 1 is 0.781 bits per heavy atom. The number of nitrogens with one attached hydrogen (secondary N) is 4. The highest BCUT2D eigenvalue weighted by Crippen LogP contribution is 2.46. The molecule has 8 rings (SSSR count). The summed E-state index contributed by atoms with van der Waals surface area (Å²) in [7, 11) is 3.44. The first-order valence-corrected chi connectivity index (χ1v) is 22.7. The number of carbonyl (C=O) groups excluding carboxylic acids is 4. The van der Waals surface area contributed by atoms with Gasteiger partial charge in [0.2, 0.25) is 17.7 Å². The molecule has 0 bridgehead atoms. The summed E-state index contributed by atoms with van der Waals surface area (Å²) in [6.07, 6.45) is 6.27. The van der Waals surface area contributed by atoms with E-state index in [1.54, 1.807) is 0 Å². The van der Waals surface area contributed by atoms with E-state index in [2.05, 4.69) is 87.4 Å². The molecule has 4 atom stereocenters. The van der Waals surface area contributed by atoms with Crippen LogP contribution in [0.1, 0.15) is 102 Å². The highest BCUT2D eigenvalue weighted by atomic mass is 16.5. The van der Waals surface area contributed by atoms with E-state index >= 15 is 0 Å². The molecule has 3 aliphatic rings. The zero-order chi connectivity index (χ0) is 45.6. The number of aliphatic hydroxyl groups excluding tert-OH is 1. The van der Waals surface area contributed by atoms with Crippen molar-refractivity contribution in [3.05, 3.63) is 66.0 Å². The first-order valence-electron chi connectivity index (χ1n) is 22.7. The summed E-state index contributed by atoms with van der Waals surface area (Å²) in [6, 6.07) is 11.3. The molecule has 4 amide bonds. The molecule has 64 heavy (non-hydrogen) atoms. The van der Waals surface area contributed by atoms with Gasteiger partial charge in [0, 0.05) is 66.5 Å². The summed E-state index contributed by atoms with van der Waals surface area (Å²) in [5, 5.41) is 16.0. The molecule has 0 unspecified atom stereocenters. The molecular weight excluding hydrogens is 813 g/mol. The van der Waals surface area contributed by atoms with E-state index < -0.39 is 30.7 Å². The van der Waals surface area contributed by atoms with Crippen LogP contribution in [-0.2, 0) is 25.7 Å². The summed E-state index contributed by atoms with van der Waals surface area (Å²) >= 11 is 0. The summed E-state index contributed by atoms with van der Waals surface area (Å²) < 4.78 is 7.27. The Morgan fingerprint density at radius 2 is 1.34 bits per heavy atom. The molecule has 16 heteroatoms. The number of alkyl carbamates (subject to hydrolysis) is 1. The van der Waals surface area contributed by atoms with Crippen LogP contribution < -0.4 is 15.5 Å². The Balaban J connectivity index is 1.08. The van der Waals surface area contributed by atoms with E-state index in [-0.39, 0.29) is 41.7 Å². The average molecular weight is 875 g/mol. The third-order valence-corrected chi connectivity index (χ3v) is 13.3. The number of H-pyrrole nitrogens is 2. The zero-order valence-electron chi connectivity index (χ0n) is 38.2. The number of aromatic amines is 2. The number of ether oxygens (including phenoxy) is 1. The Kier molecular flexibility index (Phi) is 12.6. The number of aliphatic hydroxyl groups is 1. The largest absolute Gasteiger partial charge is 0.453 e. The molecule has 5 aromatic rings. The number of benzene rings is 2. The fraction of sp³-hybridized carbons (Fsp3) is 0.500. The van der Waals surface area contributed by atoms with Crippen molar-refractivity contribution >= 4 is 40.4 Å². The first-order chi connectivity index (χ1) is 30.7. The number of anilines is 1. The number of aromatic nitrogens is 5. The van der Waals surface area contributed by atoms with Gasteiger partial charge in [0.05, 0.1) is 48.7 Å². The number of fused-ring (bicyclic) bond motifs is 5. The van der Waals surface area contributed by atoms with Gasteiger partial charge in [0.25, 0.3) is 0 Å². The molecule has 0 spiro atoms. The van der Waals surface area contributed by atoms with Crippen LogP contribution in [0.3, 0.4) is 0 Å². The number of hydrogen-bond donors (Lipinski definition) is 5. The molecule has 2 saturated heterocycles. The van der Waals surface area contributed by atoms with Crippen molar-refractivity contribution in [3.63, 3.8) is 0 Å². The van der Waals surface area contributed by atoms with Crippen LogP contribution in [0, 0.1) is 11.8 Å². The lowest BCUT2D eigenvalue weighted by molar-refractivity contribution is -0.139. The predicted molar refractivity (Wildman–Crippen MR) is 245 cm³/mol. The molecule has 0 aliphatic carbocycles. The van der Waals surface area contributed by atoms with Crippen LogP contribution in [0.15, 0.2) is 48.8 Å². The Labute approximate surface area is 374 Å². The smallest absolute Gasteiger partial charge is 0.407 e. The van der Waals surface area contributed by atoms with E-state index in [9.17, 15) is 24.3 Å². The molecule has 2 fully saturated rings. The van der Waals surface area contributed by atoms with Gasteiger partial charge in [-0.25, -0.2) is 14.8 Å². The molecule has 340 valence electrons. The fourth-order valence-electron chi connectivity index (χ4n) is 9.97. The van der Waals surface area contributed by atoms with Gasteiger partial charge in [0.1, 0.15) is 30.3 Å². The SMILES string of the molecule is COC(=O)N[C@H](C(=O)N1CCC[C@H]1c1ncc(-c2ccc3c(c2)N(C)CCn2c-3c(C(C)C)c3cc(-c4cnc([C@@H]5CCCN5C(=O)[C@@H](NC(=O)CO)C(C)C)[nH]4)ccc32)[nH]1)C(C)C. The Hall–Kier alpha value is -6.16. The average Bonchev–Trinajstić information content (AvgIpc) is 4.14. The molecule has 0 radical (unpaired) electrons. The van der Waals surface area contributed by atoms with Crippen LogP contribution in [0.5, 0.6) is 0 Å². The second-order valence-corrected chi connectivity index (χ2v) is 18.5. The van der Waals surface area contributed by atoms with Crippen molar-refractivity contribution in [2.24, 2.45) is 11.8 Å². The van der Waals surface area contributed by atoms with Crippen molar-refractivity contribution in [1.82, 2.24) is 44.9 Å². The maximum atomic E-state index is 13.8. The topological polar surface area (TPSA) is 194 Å². The summed E-state index contributed by atoms with van der Waals surface area (Å²) in [6.45, 7) is 14.2. The number of carbonyl (C=O) groups is 4. The number of imidazole rings is 2. The monoisotopic (exact) mass is 874 g/mol. The number of rotatable bonds is 12. The minimum atomic E-state index is -0.735. The fourth-order valence-corrected chi connectivity index (χ4v) is 9.97. The standard InChI is InChI=1S/C48H62N10O6/c1-26(2)40-32-21-29(33-23-49-44(51-33)36-11-9-17-57(36)46(61)41(27(3)4)53-39(60)25-59)14-16-35(32)56-20-19-55(7)38-22-30(13-15-31(38)43(40)56)34-24-50-45(52-34)37-12-10-18-58(37)47(62)42(28(5)6)54-48(63)64-8/h13-16,21-24,26-28,36-37,41-42,59H,9-12,17-20,25H2,1-8H3,(H,49,51)(H,50,52)(H,53,60)(H,54,63)/t36-,37-,41-,42-/m0/s1. The maximum Gasteiger partial charge on any atom is 0.407 e. The highest BCUT2D eigenvalue weighted by molar-refractivity contribution is 5.98. The minimum absolute atomic E-state index is 0.118. The minimum Gasteiger partial charge on any atom is -0.453 e. The van der Waals surface area contributed by atoms with Gasteiger partial charge >= 0.3 is 6.09 Å². The summed E-state index contributed by atoms with van der Waals surface area (Å²) in [5.74, 6) is 0.517. The van der Waals surface area contributed by atoms with Crippen molar-refractivity contribution in [2.45, 2.75) is 104 Å². The van der Waals surface area contributed by atoms with Crippen molar-refractivity contribution < 1.29 is 29.0 Å². The lowest BCUT2D eigenvalue weighted by Gasteiger charge is -2.30. The number of methoxy groups -OCH3 is 1. The van der Waals surface area contributed by atoms with Crippen LogP contribution in [-0.4, -0.2) is 116 Å². The van der Waals surface area contributed by atoms with E-state index in [1.807, 2.05) is 49.9 Å². The second kappa shape index (κ2) is 18.1. The second-order valence-electron chi connectivity index (χ2n) is 18.5. The number of likely N-dealkylation sites (N-methyl/N-ethyl adjacent to an activating group) is 1. The van der Waals surface area contributed by atoms with Gasteiger partial charge in [-0.15, -0.1) is 0 Å². The molecule has 0 saturated carbocycles. The quantitative estimate of drug-likeness (QED) is 0.0931. The van der Waals surface area contributed by atoms with Gasteiger partial charge in [0.15, 0.2) is 0 Å². The third kappa shape index (κ3) is 8.23. The number of nitrogens with zero attached hydrogens (tertiary/aromatic N) is 6. The zero-order valence-corrected chi connectivity index (χ0v) is 38.2. The van der Waals surface area contributed by atoms with Gasteiger partial charge in [-0.3, -0.25) is 14.4 Å². The summed E-state index contributed by atoms with van der Waals surface area (Å²) in [5.41, 5.74) is 9.66. The van der Waals surface area contributed by atoms with Crippen LogP contribution in [0.25, 0.3) is 44.7 Å². The number of hydrogen-bond acceptors (Lipinski definition) is 9. The molecule has 3 aromatic heterocycles. The normalized spacial score (nSPS) is 18.4. The van der Waals surface area contributed by atoms with Gasteiger partial charge in [-0.1, -0.05) is 59.7 Å². The van der Waals surface area contributed by atoms with E-state index in [0.29, 0.717) is 18.9 Å². The highest BCUT2D eigenvalue weighted by Gasteiger charge is 2.39. The van der Waals surface area contributed by atoms with E-state index in [4.69, 9.17) is 14.7 Å². The lowest BCUT2D eigenvalue weighted by Crippen LogP contribution is -2.51. The van der Waals surface area contributed by atoms with Crippen molar-refractivity contribution in [1.29, 1.82) is 0 Å². The predicted octanol–water partition coefficient (Wildman–Crippen LogP) is 6.50. The Morgan fingerprint density at radius 3 is 1.89 bits per heavy atom. The summed E-state index contributed by atoms with van der Waals surface area (Å²) in [4.78, 5) is 74.4. The third-order valence-electron chi connectivity index (χ3n) is 13.3. The molecule has 2 aromatic carbocycles. The maximum absolute atomic E-state index is 13.8. The van der Waals surface area contributed by atoms with Crippen LogP contribution in [0.4, 0.5) is 10.5 Å². The number of likely N-dealkylation sites (tertiary alicyclic amines) is 2. The van der Waals surface area contributed by atoms with Gasteiger partial charge in [-0.2, -0.15) is 0 Å². The first kappa shape index (κ1) is 44.4. The lowest BCUT2D eigenvalue weighted by atomic mass is 9.93. The molecule has 16 nitrogen and oxygen atoms in total. The Bertz CT molecular complexity index is 2550. The molecule has 6 heterocycles. The number of amides is 4. The molecule has 3 aliphatic heterocycles. The van der Waals surface area contributed by atoms with E-state index in [0.717, 1.165) is 78.4 Å². The molecule has 5 N–H and O–H groups in total. The van der Waals surface area contributed by atoms with E-state index in [1.165, 1.54) is 29.3 Å². The van der Waals surface area contributed by atoms with Crippen molar-refractivity contribution in [3.8, 4) is 33.8 Å². The van der Waals surface area contributed by atoms with Crippen molar-refractivity contribution in [2.75, 3.05) is 45.3 Å². The molecular formula is C48H62N10O6. The van der Waals surface area contributed by atoms with Gasteiger partial charge < -0.3 is 49.7 Å².